The SMILES string of the molecule is N#CC(CCc1ccccc1)N1CCN(CCC(=O)O)CC1. The van der Waals surface area contributed by atoms with Gasteiger partial charge in [0.25, 0.3) is 0 Å². The molecule has 1 aromatic rings. The number of aliphatic carboxylic acids is 1. The van der Waals surface area contributed by atoms with Gasteiger partial charge in [0.15, 0.2) is 0 Å². The molecular formula is C17H23N3O2. The summed E-state index contributed by atoms with van der Waals surface area (Å²) in [5.74, 6) is -0.750. The Kier molecular flexibility index (Phi) is 6.38. The standard InChI is InChI=1S/C17H23N3O2/c18-14-16(7-6-15-4-2-1-3-5-15)20-12-10-19(11-13-20)9-8-17(21)22/h1-5,16H,6-13H2,(H,21,22). The average molecular weight is 301 g/mol. The van der Waals surface area contributed by atoms with E-state index in [2.05, 4.69) is 28.0 Å². The van der Waals surface area contributed by atoms with Crippen LogP contribution >= 0.6 is 0 Å². The molecule has 1 aliphatic heterocycles. The number of nitrogens with zero attached hydrogens (tertiary/aromatic N) is 3. The normalized spacial score (nSPS) is 17.8. The first kappa shape index (κ1) is 16.5. The molecule has 22 heavy (non-hydrogen) atoms. The Morgan fingerprint density at radius 2 is 1.91 bits per heavy atom. The van der Waals surface area contributed by atoms with Crippen LogP contribution in [0.2, 0.25) is 0 Å². The topological polar surface area (TPSA) is 67.6 Å². The van der Waals surface area contributed by atoms with Gasteiger partial charge < -0.3 is 10.0 Å². The zero-order valence-electron chi connectivity index (χ0n) is 12.8. The van der Waals surface area contributed by atoms with Crippen molar-refractivity contribution < 1.29 is 9.90 Å². The summed E-state index contributed by atoms with van der Waals surface area (Å²) in [5.41, 5.74) is 1.27. The zero-order chi connectivity index (χ0) is 15.8. The Labute approximate surface area is 131 Å². The van der Waals surface area contributed by atoms with Gasteiger partial charge in [-0.15, -0.1) is 0 Å². The van der Waals surface area contributed by atoms with Crippen LogP contribution in [0.15, 0.2) is 30.3 Å². The molecule has 1 saturated heterocycles. The molecule has 0 spiro atoms. The van der Waals surface area contributed by atoms with Crippen LogP contribution in [0.5, 0.6) is 0 Å². The van der Waals surface area contributed by atoms with Crippen LogP contribution in [0.1, 0.15) is 18.4 Å². The lowest BCUT2D eigenvalue weighted by Crippen LogP contribution is -2.50. The maximum absolute atomic E-state index is 10.6. The summed E-state index contributed by atoms with van der Waals surface area (Å²) in [5, 5.41) is 18.1. The number of carboxylic acids is 1. The van der Waals surface area contributed by atoms with Crippen LogP contribution in [0, 0.1) is 11.3 Å². The zero-order valence-corrected chi connectivity index (χ0v) is 12.8. The molecule has 1 N–H and O–H groups in total. The number of carboxylic acid groups (broad SMARTS) is 1. The van der Waals surface area contributed by atoms with Gasteiger partial charge in [0.1, 0.15) is 0 Å². The third-order valence-corrected chi connectivity index (χ3v) is 4.19. The Morgan fingerprint density at radius 3 is 2.50 bits per heavy atom. The van der Waals surface area contributed by atoms with Crippen molar-refractivity contribution in [2.75, 3.05) is 32.7 Å². The highest BCUT2D eigenvalue weighted by atomic mass is 16.4. The number of hydrogen-bond acceptors (Lipinski definition) is 4. The minimum absolute atomic E-state index is 0.0539. The first-order valence-corrected chi connectivity index (χ1v) is 7.81. The lowest BCUT2D eigenvalue weighted by atomic mass is 10.0. The first-order valence-electron chi connectivity index (χ1n) is 7.81. The first-order chi connectivity index (χ1) is 10.7. The summed E-state index contributed by atoms with van der Waals surface area (Å²) in [6, 6.07) is 12.6. The summed E-state index contributed by atoms with van der Waals surface area (Å²) in [6.45, 7) is 3.97. The Morgan fingerprint density at radius 1 is 1.23 bits per heavy atom. The average Bonchev–Trinajstić information content (AvgIpc) is 2.55. The van der Waals surface area contributed by atoms with Gasteiger partial charge in [-0.3, -0.25) is 9.69 Å². The molecule has 1 unspecified atom stereocenters. The molecule has 0 radical (unpaired) electrons. The molecule has 0 bridgehead atoms. The fraction of sp³-hybridized carbons (Fsp3) is 0.529. The monoisotopic (exact) mass is 301 g/mol. The Bertz CT molecular complexity index is 504. The number of aryl methyl sites for hydroxylation is 1. The van der Waals surface area contributed by atoms with Crippen LogP contribution in [-0.4, -0.2) is 59.6 Å². The predicted octanol–water partition coefficient (Wildman–Crippen LogP) is 1.60. The quantitative estimate of drug-likeness (QED) is 0.828. The molecule has 2 rings (SSSR count). The third-order valence-electron chi connectivity index (χ3n) is 4.19. The molecule has 5 nitrogen and oxygen atoms in total. The van der Waals surface area contributed by atoms with Gasteiger partial charge in [-0.25, -0.2) is 0 Å². The second-order valence-corrected chi connectivity index (χ2v) is 5.69. The fourth-order valence-electron chi connectivity index (χ4n) is 2.83. The lowest BCUT2D eigenvalue weighted by molar-refractivity contribution is -0.137. The van der Waals surface area contributed by atoms with E-state index in [1.807, 2.05) is 18.2 Å². The van der Waals surface area contributed by atoms with Crippen molar-refractivity contribution in [2.45, 2.75) is 25.3 Å². The van der Waals surface area contributed by atoms with E-state index in [1.165, 1.54) is 5.56 Å². The maximum Gasteiger partial charge on any atom is 0.304 e. The second kappa shape index (κ2) is 8.52. The van der Waals surface area contributed by atoms with E-state index in [1.54, 1.807) is 0 Å². The number of nitriles is 1. The number of benzene rings is 1. The fourth-order valence-corrected chi connectivity index (χ4v) is 2.83. The van der Waals surface area contributed by atoms with E-state index in [4.69, 9.17) is 5.11 Å². The van der Waals surface area contributed by atoms with Gasteiger partial charge in [-0.1, -0.05) is 30.3 Å². The van der Waals surface area contributed by atoms with Crippen LogP contribution in [0.4, 0.5) is 0 Å². The van der Waals surface area contributed by atoms with Crippen LogP contribution in [-0.2, 0) is 11.2 Å². The van der Waals surface area contributed by atoms with E-state index in [-0.39, 0.29) is 12.5 Å². The molecule has 1 fully saturated rings. The van der Waals surface area contributed by atoms with E-state index >= 15 is 0 Å². The molecule has 5 heteroatoms. The van der Waals surface area contributed by atoms with Crippen molar-refractivity contribution in [3.05, 3.63) is 35.9 Å². The second-order valence-electron chi connectivity index (χ2n) is 5.69. The van der Waals surface area contributed by atoms with Crippen molar-refractivity contribution in [2.24, 2.45) is 0 Å². The van der Waals surface area contributed by atoms with Gasteiger partial charge >= 0.3 is 5.97 Å². The van der Waals surface area contributed by atoms with E-state index in [9.17, 15) is 10.1 Å². The van der Waals surface area contributed by atoms with Gasteiger partial charge in [0, 0.05) is 32.7 Å². The van der Waals surface area contributed by atoms with E-state index in [0.29, 0.717) is 6.54 Å². The van der Waals surface area contributed by atoms with Crippen LogP contribution < -0.4 is 0 Å². The molecule has 1 aliphatic rings. The summed E-state index contributed by atoms with van der Waals surface area (Å²) in [6.07, 6.45) is 1.95. The molecule has 0 amide bonds. The number of hydrogen-bond donors (Lipinski definition) is 1. The van der Waals surface area contributed by atoms with Crippen LogP contribution in [0.25, 0.3) is 0 Å². The minimum Gasteiger partial charge on any atom is -0.481 e. The van der Waals surface area contributed by atoms with Gasteiger partial charge in [-0.2, -0.15) is 5.26 Å². The van der Waals surface area contributed by atoms with Crippen molar-refractivity contribution >= 4 is 5.97 Å². The van der Waals surface area contributed by atoms with Crippen molar-refractivity contribution in [3.63, 3.8) is 0 Å². The summed E-state index contributed by atoms with van der Waals surface area (Å²) < 4.78 is 0. The van der Waals surface area contributed by atoms with Gasteiger partial charge in [-0.05, 0) is 18.4 Å². The van der Waals surface area contributed by atoms with Crippen LogP contribution in [0.3, 0.4) is 0 Å². The smallest absolute Gasteiger partial charge is 0.304 e. The number of carbonyl (C=O) groups is 1. The predicted molar refractivity (Wildman–Crippen MR) is 84.4 cm³/mol. The largest absolute Gasteiger partial charge is 0.481 e. The molecule has 0 saturated carbocycles. The summed E-state index contributed by atoms with van der Waals surface area (Å²) in [4.78, 5) is 15.0. The highest BCUT2D eigenvalue weighted by Gasteiger charge is 2.23. The lowest BCUT2D eigenvalue weighted by Gasteiger charge is -2.36. The molecular weight excluding hydrogens is 278 g/mol. The number of rotatable bonds is 7. The minimum atomic E-state index is -0.750. The third kappa shape index (κ3) is 5.14. The maximum atomic E-state index is 10.6. The van der Waals surface area contributed by atoms with Crippen molar-refractivity contribution in [3.8, 4) is 6.07 Å². The summed E-state index contributed by atoms with van der Waals surface area (Å²) >= 11 is 0. The molecule has 0 aromatic heterocycles. The van der Waals surface area contributed by atoms with Crippen molar-refractivity contribution in [1.29, 1.82) is 5.26 Å². The van der Waals surface area contributed by atoms with E-state index in [0.717, 1.165) is 39.0 Å². The van der Waals surface area contributed by atoms with Gasteiger partial charge in [0.2, 0.25) is 0 Å². The van der Waals surface area contributed by atoms with Crippen molar-refractivity contribution in [1.82, 2.24) is 9.80 Å². The van der Waals surface area contributed by atoms with Gasteiger partial charge in [0.05, 0.1) is 18.5 Å². The highest BCUT2D eigenvalue weighted by Crippen LogP contribution is 2.12. The van der Waals surface area contributed by atoms with E-state index < -0.39 is 5.97 Å². The Hall–Kier alpha value is -1.90. The summed E-state index contributed by atoms with van der Waals surface area (Å²) in [7, 11) is 0. The molecule has 1 atom stereocenters. The number of piperazine rings is 1. The highest BCUT2D eigenvalue weighted by molar-refractivity contribution is 5.66. The molecule has 0 aliphatic carbocycles. The molecule has 1 aromatic carbocycles. The molecule has 118 valence electrons. The Balaban J connectivity index is 1.76. The molecule has 1 heterocycles.